The first-order valence-electron chi connectivity index (χ1n) is 7.67. The molecule has 0 atom stereocenters. The lowest BCUT2D eigenvalue weighted by Gasteiger charge is -2.37. The molecule has 1 aliphatic carbocycles. The van der Waals surface area contributed by atoms with Crippen LogP contribution in [0.5, 0.6) is 5.75 Å². The van der Waals surface area contributed by atoms with Crippen LogP contribution in [-0.4, -0.2) is 19.0 Å². The molecule has 0 aromatic heterocycles. The largest absolute Gasteiger partial charge is 0.550 e. The van der Waals surface area contributed by atoms with E-state index in [-0.39, 0.29) is 18.7 Å². The second kappa shape index (κ2) is 7.29. The number of benzene rings is 1. The summed E-state index contributed by atoms with van der Waals surface area (Å²) in [6.45, 7) is 0. The molecule has 5 nitrogen and oxygen atoms in total. The Labute approximate surface area is 130 Å². The Morgan fingerprint density at radius 3 is 2.50 bits per heavy atom. The standard InChI is InChI=1S/C17H23NO4/c1-22-14-8-4-3-7-13(14)18-15(19)11-17(12-16(20)21)9-5-2-6-10-17/h3-4,7-8H,2,5-6,9-12H2,1H3,(H,18,19)(H,20,21)/p-1. The quantitative estimate of drug-likeness (QED) is 0.873. The van der Waals surface area contributed by atoms with Gasteiger partial charge in [-0.25, -0.2) is 0 Å². The zero-order chi connectivity index (χ0) is 16.0. The summed E-state index contributed by atoms with van der Waals surface area (Å²) in [5.74, 6) is -0.659. The lowest BCUT2D eigenvalue weighted by atomic mass is 9.69. The Morgan fingerprint density at radius 2 is 1.86 bits per heavy atom. The van der Waals surface area contributed by atoms with Gasteiger partial charge in [0.05, 0.1) is 12.8 Å². The fourth-order valence-corrected chi connectivity index (χ4v) is 3.31. The molecule has 0 spiro atoms. The molecule has 0 bridgehead atoms. The van der Waals surface area contributed by atoms with Crippen molar-refractivity contribution in [3.05, 3.63) is 24.3 Å². The molecule has 2 rings (SSSR count). The van der Waals surface area contributed by atoms with Gasteiger partial charge >= 0.3 is 0 Å². The van der Waals surface area contributed by atoms with E-state index < -0.39 is 11.4 Å². The molecule has 1 aromatic carbocycles. The fraction of sp³-hybridized carbons (Fsp3) is 0.529. The first-order chi connectivity index (χ1) is 10.5. The third-order valence-electron chi connectivity index (χ3n) is 4.35. The minimum Gasteiger partial charge on any atom is -0.550 e. The van der Waals surface area contributed by atoms with E-state index in [1.165, 1.54) is 0 Å². The maximum atomic E-state index is 12.4. The lowest BCUT2D eigenvalue weighted by molar-refractivity contribution is -0.308. The van der Waals surface area contributed by atoms with Gasteiger partial charge in [-0.15, -0.1) is 0 Å². The zero-order valence-electron chi connectivity index (χ0n) is 12.9. The number of rotatable bonds is 6. The summed E-state index contributed by atoms with van der Waals surface area (Å²) < 4.78 is 5.21. The van der Waals surface area contributed by atoms with Gasteiger partial charge in [0.2, 0.25) is 5.91 Å². The summed E-state index contributed by atoms with van der Waals surface area (Å²) in [6.07, 6.45) is 4.72. The molecule has 0 aliphatic heterocycles. The smallest absolute Gasteiger partial charge is 0.225 e. The predicted molar refractivity (Wildman–Crippen MR) is 81.4 cm³/mol. The first-order valence-corrected chi connectivity index (χ1v) is 7.67. The molecule has 120 valence electrons. The lowest BCUT2D eigenvalue weighted by Crippen LogP contribution is -2.36. The van der Waals surface area contributed by atoms with Crippen molar-refractivity contribution in [3.8, 4) is 5.75 Å². The van der Waals surface area contributed by atoms with Crippen molar-refractivity contribution in [2.45, 2.75) is 44.9 Å². The number of aliphatic carboxylic acids is 1. The molecule has 1 amide bonds. The predicted octanol–water partition coefficient (Wildman–Crippen LogP) is 2.11. The van der Waals surface area contributed by atoms with Crippen LogP contribution in [0.25, 0.3) is 0 Å². The Morgan fingerprint density at radius 1 is 1.18 bits per heavy atom. The Balaban J connectivity index is 2.06. The summed E-state index contributed by atoms with van der Waals surface area (Å²) >= 11 is 0. The molecular weight excluding hydrogens is 282 g/mol. The van der Waals surface area contributed by atoms with Crippen molar-refractivity contribution in [1.29, 1.82) is 0 Å². The monoisotopic (exact) mass is 304 g/mol. The molecule has 1 N–H and O–H groups in total. The molecule has 1 fully saturated rings. The van der Waals surface area contributed by atoms with Crippen LogP contribution in [0.4, 0.5) is 5.69 Å². The summed E-state index contributed by atoms with van der Waals surface area (Å²) in [7, 11) is 1.55. The number of carbonyl (C=O) groups excluding carboxylic acids is 2. The van der Waals surface area contributed by atoms with E-state index in [0.717, 1.165) is 32.1 Å². The minimum atomic E-state index is -1.08. The van der Waals surface area contributed by atoms with Crippen molar-refractivity contribution < 1.29 is 19.4 Å². The Hall–Kier alpha value is -2.04. The second-order valence-electron chi connectivity index (χ2n) is 6.03. The molecule has 1 aliphatic rings. The van der Waals surface area contributed by atoms with E-state index in [4.69, 9.17) is 4.74 Å². The normalized spacial score (nSPS) is 16.8. The molecule has 0 radical (unpaired) electrons. The van der Waals surface area contributed by atoms with Gasteiger partial charge in [0.25, 0.3) is 0 Å². The van der Waals surface area contributed by atoms with Crippen LogP contribution in [0.1, 0.15) is 44.9 Å². The average molecular weight is 304 g/mol. The Kier molecular flexibility index (Phi) is 5.41. The average Bonchev–Trinajstić information content (AvgIpc) is 2.47. The number of methoxy groups -OCH3 is 1. The third-order valence-corrected chi connectivity index (χ3v) is 4.35. The van der Waals surface area contributed by atoms with Gasteiger partial charge in [-0.1, -0.05) is 31.4 Å². The van der Waals surface area contributed by atoms with Gasteiger partial charge in [-0.05, 0) is 36.8 Å². The van der Waals surface area contributed by atoms with E-state index in [1.54, 1.807) is 19.2 Å². The van der Waals surface area contributed by atoms with Crippen molar-refractivity contribution in [3.63, 3.8) is 0 Å². The first kappa shape index (κ1) is 16.3. The van der Waals surface area contributed by atoms with Crippen LogP contribution in [0.15, 0.2) is 24.3 Å². The number of para-hydroxylation sites is 2. The molecule has 22 heavy (non-hydrogen) atoms. The van der Waals surface area contributed by atoms with Crippen LogP contribution in [-0.2, 0) is 9.59 Å². The number of anilines is 1. The number of carboxylic acids is 1. The van der Waals surface area contributed by atoms with Crippen LogP contribution in [0.3, 0.4) is 0 Å². The van der Waals surface area contributed by atoms with Gasteiger partial charge in [-0.2, -0.15) is 0 Å². The molecule has 0 unspecified atom stereocenters. The summed E-state index contributed by atoms with van der Waals surface area (Å²) in [5, 5.41) is 13.9. The van der Waals surface area contributed by atoms with Crippen molar-refractivity contribution >= 4 is 17.6 Å². The molecular formula is C17H22NO4-. The number of amides is 1. The van der Waals surface area contributed by atoms with Gasteiger partial charge in [0.15, 0.2) is 0 Å². The second-order valence-corrected chi connectivity index (χ2v) is 6.03. The van der Waals surface area contributed by atoms with Gasteiger partial charge in [-0.3, -0.25) is 4.79 Å². The van der Waals surface area contributed by atoms with Crippen molar-refractivity contribution in [2.24, 2.45) is 5.41 Å². The van der Waals surface area contributed by atoms with Crippen molar-refractivity contribution in [2.75, 3.05) is 12.4 Å². The maximum absolute atomic E-state index is 12.4. The maximum Gasteiger partial charge on any atom is 0.225 e. The highest BCUT2D eigenvalue weighted by Gasteiger charge is 2.34. The summed E-state index contributed by atoms with van der Waals surface area (Å²) in [4.78, 5) is 23.4. The topological polar surface area (TPSA) is 78.5 Å². The molecule has 5 heteroatoms. The molecule has 0 heterocycles. The van der Waals surface area contributed by atoms with Gasteiger partial charge in [0.1, 0.15) is 5.75 Å². The van der Waals surface area contributed by atoms with Crippen molar-refractivity contribution in [1.82, 2.24) is 0 Å². The highest BCUT2D eigenvalue weighted by molar-refractivity contribution is 5.93. The van der Waals surface area contributed by atoms with Crippen LogP contribution < -0.4 is 15.2 Å². The van der Waals surface area contributed by atoms with E-state index in [1.807, 2.05) is 12.1 Å². The van der Waals surface area contributed by atoms with E-state index >= 15 is 0 Å². The van der Waals surface area contributed by atoms with Crippen LogP contribution >= 0.6 is 0 Å². The van der Waals surface area contributed by atoms with E-state index in [9.17, 15) is 14.7 Å². The van der Waals surface area contributed by atoms with E-state index in [0.29, 0.717) is 11.4 Å². The molecule has 1 aromatic rings. The number of carbonyl (C=O) groups is 2. The fourth-order valence-electron chi connectivity index (χ4n) is 3.31. The SMILES string of the molecule is COc1ccccc1NC(=O)CC1(CC(=O)[O-])CCCCC1. The highest BCUT2D eigenvalue weighted by atomic mass is 16.5. The third kappa shape index (κ3) is 4.23. The number of ether oxygens (including phenoxy) is 1. The van der Waals surface area contributed by atoms with E-state index in [2.05, 4.69) is 5.32 Å². The molecule has 1 saturated carbocycles. The number of nitrogens with one attached hydrogen (secondary N) is 1. The van der Waals surface area contributed by atoms with Crippen LogP contribution in [0, 0.1) is 5.41 Å². The number of carboxylic acid groups (broad SMARTS) is 1. The highest BCUT2D eigenvalue weighted by Crippen LogP contribution is 2.42. The van der Waals surface area contributed by atoms with Gasteiger partial charge in [0, 0.05) is 12.4 Å². The minimum absolute atomic E-state index is 0.0493. The number of hydrogen-bond donors (Lipinski definition) is 1. The summed E-state index contributed by atoms with van der Waals surface area (Å²) in [6, 6.07) is 7.18. The Bertz CT molecular complexity index is 535. The van der Waals surface area contributed by atoms with Crippen LogP contribution in [0.2, 0.25) is 0 Å². The zero-order valence-corrected chi connectivity index (χ0v) is 12.9. The summed E-state index contributed by atoms with van der Waals surface area (Å²) in [5.41, 5.74) is 0.137. The van der Waals surface area contributed by atoms with Gasteiger partial charge < -0.3 is 20.0 Å². The molecule has 0 saturated heterocycles. The number of hydrogen-bond acceptors (Lipinski definition) is 4.